The molecule has 0 aliphatic heterocycles. The maximum absolute atomic E-state index is 13.1. The first kappa shape index (κ1) is 19.9. The fourth-order valence-corrected chi connectivity index (χ4v) is 4.60. The minimum atomic E-state index is -2.72. The van der Waals surface area contributed by atoms with Gasteiger partial charge >= 0.3 is 0 Å². The lowest BCUT2D eigenvalue weighted by Gasteiger charge is -2.21. The van der Waals surface area contributed by atoms with E-state index in [0.717, 1.165) is 11.1 Å². The van der Waals surface area contributed by atoms with Crippen LogP contribution in [0, 0.1) is 0 Å². The van der Waals surface area contributed by atoms with Crippen molar-refractivity contribution in [3.05, 3.63) is 40.5 Å². The number of aromatic nitrogens is 4. The topological polar surface area (TPSA) is 81.9 Å². The molecule has 0 atom stereocenters. The van der Waals surface area contributed by atoms with Crippen molar-refractivity contribution in [2.45, 2.75) is 0 Å². The van der Waals surface area contributed by atoms with Gasteiger partial charge in [-0.25, -0.2) is 4.98 Å². The minimum Gasteiger partial charge on any atom is -0.495 e. The molecule has 0 fully saturated rings. The number of methoxy groups -OCH3 is 1. The summed E-state index contributed by atoms with van der Waals surface area (Å²) in [5, 5.41) is 8.10. The highest BCUT2D eigenvalue weighted by atomic mass is 79.9. The van der Waals surface area contributed by atoms with E-state index in [1.54, 1.807) is 37.5 Å². The zero-order valence-electron chi connectivity index (χ0n) is 15.2. The van der Waals surface area contributed by atoms with Crippen LogP contribution in [0.2, 0.25) is 5.28 Å². The Morgan fingerprint density at radius 3 is 2.63 bits per heavy atom. The molecular weight excluding hydrogens is 453 g/mol. The third-order valence-electron chi connectivity index (χ3n) is 3.86. The summed E-state index contributed by atoms with van der Waals surface area (Å²) in [6.45, 7) is 3.40. The van der Waals surface area contributed by atoms with Crippen molar-refractivity contribution in [1.82, 2.24) is 19.7 Å². The zero-order chi connectivity index (χ0) is 19.8. The second kappa shape index (κ2) is 7.62. The standard InChI is InChI=1S/C17H18BrClN5O2P/c1-24-9-10(7-21-24)11-5-6-13(15(14(11)26-2)27(3,4)25)22-16-12(18)8-20-17(19)23-16/h5-9H,1-4H3,(H,20,22,23). The van der Waals surface area contributed by atoms with Crippen molar-refractivity contribution in [2.75, 3.05) is 25.8 Å². The number of halogens is 2. The average Bonchev–Trinajstić information content (AvgIpc) is 3.02. The summed E-state index contributed by atoms with van der Waals surface area (Å²) in [6.07, 6.45) is 5.17. The van der Waals surface area contributed by atoms with Crippen LogP contribution in [-0.4, -0.2) is 40.2 Å². The van der Waals surface area contributed by atoms with Crippen molar-refractivity contribution < 1.29 is 9.30 Å². The van der Waals surface area contributed by atoms with Gasteiger partial charge in [-0.05, 0) is 53.0 Å². The number of nitrogens with zero attached hydrogens (tertiary/aromatic N) is 4. The van der Waals surface area contributed by atoms with Crippen molar-refractivity contribution in [3.8, 4) is 16.9 Å². The summed E-state index contributed by atoms with van der Waals surface area (Å²) < 4.78 is 21.2. The van der Waals surface area contributed by atoms with Crippen LogP contribution in [0.15, 0.2) is 35.2 Å². The van der Waals surface area contributed by atoms with Gasteiger partial charge in [-0.2, -0.15) is 10.1 Å². The number of nitrogens with one attached hydrogen (secondary N) is 1. The molecule has 0 amide bonds. The number of hydrogen-bond donors (Lipinski definition) is 1. The molecule has 0 unspecified atom stereocenters. The highest BCUT2D eigenvalue weighted by molar-refractivity contribution is 9.10. The second-order valence-electron chi connectivity index (χ2n) is 6.26. The van der Waals surface area contributed by atoms with E-state index in [4.69, 9.17) is 16.3 Å². The van der Waals surface area contributed by atoms with Crippen molar-refractivity contribution in [3.63, 3.8) is 0 Å². The van der Waals surface area contributed by atoms with Gasteiger partial charge in [0.2, 0.25) is 5.28 Å². The molecule has 27 heavy (non-hydrogen) atoms. The summed E-state index contributed by atoms with van der Waals surface area (Å²) in [6, 6.07) is 3.75. The molecule has 0 bridgehead atoms. The number of anilines is 2. The second-order valence-corrected chi connectivity index (χ2v) is 10.6. The van der Waals surface area contributed by atoms with Gasteiger partial charge < -0.3 is 14.6 Å². The van der Waals surface area contributed by atoms with Crippen LogP contribution in [-0.2, 0) is 11.6 Å². The van der Waals surface area contributed by atoms with Gasteiger partial charge in [0.05, 0.1) is 28.8 Å². The zero-order valence-corrected chi connectivity index (χ0v) is 18.4. The molecule has 3 aromatic rings. The molecule has 0 radical (unpaired) electrons. The number of hydrogen-bond acceptors (Lipinski definition) is 6. The van der Waals surface area contributed by atoms with Crippen LogP contribution >= 0.6 is 34.7 Å². The van der Waals surface area contributed by atoms with Gasteiger partial charge in [0.1, 0.15) is 18.7 Å². The first-order valence-electron chi connectivity index (χ1n) is 7.91. The molecule has 10 heteroatoms. The molecule has 0 aliphatic rings. The van der Waals surface area contributed by atoms with E-state index in [-0.39, 0.29) is 5.28 Å². The Hall–Kier alpha value is -1.89. The Morgan fingerprint density at radius 1 is 1.30 bits per heavy atom. The molecule has 0 saturated carbocycles. The Kier molecular flexibility index (Phi) is 5.60. The first-order valence-corrected chi connectivity index (χ1v) is 11.7. The van der Waals surface area contributed by atoms with Crippen LogP contribution in [0.3, 0.4) is 0 Å². The van der Waals surface area contributed by atoms with Crippen LogP contribution in [0.4, 0.5) is 11.5 Å². The Balaban J connectivity index is 2.20. The van der Waals surface area contributed by atoms with E-state index in [0.29, 0.717) is 27.0 Å². The Morgan fingerprint density at radius 2 is 2.04 bits per heavy atom. The molecule has 0 saturated heterocycles. The van der Waals surface area contributed by atoms with Crippen LogP contribution in [0.5, 0.6) is 5.75 Å². The lowest BCUT2D eigenvalue weighted by Crippen LogP contribution is -2.15. The number of aryl methyl sites for hydroxylation is 1. The Bertz CT molecular complexity index is 1050. The fourth-order valence-electron chi connectivity index (χ4n) is 2.76. The number of benzene rings is 1. The van der Waals surface area contributed by atoms with Crippen molar-refractivity contribution in [2.24, 2.45) is 7.05 Å². The molecule has 7 nitrogen and oxygen atoms in total. The van der Waals surface area contributed by atoms with Gasteiger partial charge in [0.15, 0.2) is 0 Å². The van der Waals surface area contributed by atoms with Gasteiger partial charge in [-0.3, -0.25) is 4.68 Å². The highest BCUT2D eigenvalue weighted by Gasteiger charge is 2.26. The monoisotopic (exact) mass is 469 g/mol. The van der Waals surface area contributed by atoms with E-state index >= 15 is 0 Å². The summed E-state index contributed by atoms with van der Waals surface area (Å²) in [4.78, 5) is 8.10. The predicted octanol–water partition coefficient (Wildman–Crippen LogP) is 4.29. The highest BCUT2D eigenvalue weighted by Crippen LogP contribution is 2.46. The first-order chi connectivity index (χ1) is 12.7. The molecule has 0 spiro atoms. The smallest absolute Gasteiger partial charge is 0.224 e. The van der Waals surface area contributed by atoms with E-state index in [9.17, 15) is 4.57 Å². The van der Waals surface area contributed by atoms with Crippen LogP contribution in [0.1, 0.15) is 0 Å². The van der Waals surface area contributed by atoms with Crippen molar-refractivity contribution >= 4 is 51.5 Å². The van der Waals surface area contributed by atoms with Crippen LogP contribution in [0.25, 0.3) is 11.1 Å². The minimum absolute atomic E-state index is 0.109. The SMILES string of the molecule is COc1c(-c2cnn(C)c2)ccc(Nc2nc(Cl)ncc2Br)c1P(C)(C)=O. The molecule has 2 heterocycles. The summed E-state index contributed by atoms with van der Waals surface area (Å²) >= 11 is 9.30. The molecule has 2 aromatic heterocycles. The summed E-state index contributed by atoms with van der Waals surface area (Å²) in [7, 11) is 0.685. The maximum atomic E-state index is 13.1. The maximum Gasteiger partial charge on any atom is 0.224 e. The molecule has 0 aliphatic carbocycles. The average molecular weight is 471 g/mol. The van der Waals surface area contributed by atoms with Gasteiger partial charge in [-0.15, -0.1) is 0 Å². The molecule has 1 aromatic carbocycles. The third kappa shape index (κ3) is 4.18. The molecule has 3 rings (SSSR count). The summed E-state index contributed by atoms with van der Waals surface area (Å²) in [5.74, 6) is 1.01. The van der Waals surface area contributed by atoms with E-state index in [1.165, 1.54) is 0 Å². The van der Waals surface area contributed by atoms with Gasteiger partial charge in [0.25, 0.3) is 0 Å². The summed E-state index contributed by atoms with van der Waals surface area (Å²) in [5.41, 5.74) is 2.32. The predicted molar refractivity (Wildman–Crippen MR) is 112 cm³/mol. The van der Waals surface area contributed by atoms with E-state index < -0.39 is 7.14 Å². The molecule has 142 valence electrons. The fraction of sp³-hybridized carbons (Fsp3) is 0.235. The van der Waals surface area contributed by atoms with Gasteiger partial charge in [-0.1, -0.05) is 0 Å². The normalized spacial score (nSPS) is 11.5. The lowest BCUT2D eigenvalue weighted by molar-refractivity contribution is 0.419. The Labute approximate surface area is 170 Å². The van der Waals surface area contributed by atoms with Crippen molar-refractivity contribution in [1.29, 1.82) is 0 Å². The molecule has 1 N–H and O–H groups in total. The van der Waals surface area contributed by atoms with Gasteiger partial charge in [0, 0.05) is 30.6 Å². The quantitative estimate of drug-likeness (QED) is 0.442. The largest absolute Gasteiger partial charge is 0.495 e. The lowest BCUT2D eigenvalue weighted by atomic mass is 10.1. The molecular formula is C17H18BrClN5O2P. The number of rotatable bonds is 5. The van der Waals surface area contributed by atoms with Crippen LogP contribution < -0.4 is 15.4 Å². The van der Waals surface area contributed by atoms with E-state index in [1.807, 2.05) is 25.4 Å². The number of ether oxygens (including phenoxy) is 1. The third-order valence-corrected chi connectivity index (χ3v) is 6.14. The van der Waals surface area contributed by atoms with E-state index in [2.05, 4.69) is 36.3 Å².